The lowest BCUT2D eigenvalue weighted by Crippen LogP contribution is -2.13. The molecular weight excluding hydrogens is 304 g/mol. The van der Waals surface area contributed by atoms with Crippen molar-refractivity contribution in [2.45, 2.75) is 76.0 Å². The maximum absolute atomic E-state index is 5.82. The molecule has 1 atom stereocenters. The van der Waals surface area contributed by atoms with Crippen molar-refractivity contribution < 1.29 is 4.42 Å². The third kappa shape index (κ3) is 4.04. The molecule has 0 N–H and O–H groups in total. The third-order valence-electron chi connectivity index (χ3n) is 4.24. The minimum absolute atomic E-state index is 0.203. The molecular formula is C15H25BrN2O. The summed E-state index contributed by atoms with van der Waals surface area (Å²) in [6.45, 7) is 4.39. The summed E-state index contributed by atoms with van der Waals surface area (Å²) in [6, 6.07) is 0. The van der Waals surface area contributed by atoms with Gasteiger partial charge in [-0.25, -0.2) is 0 Å². The Morgan fingerprint density at radius 2 is 1.95 bits per heavy atom. The van der Waals surface area contributed by atoms with Crippen molar-refractivity contribution >= 4 is 15.9 Å². The Balaban J connectivity index is 1.85. The maximum atomic E-state index is 5.82. The number of alkyl halides is 1. The lowest BCUT2D eigenvalue weighted by atomic mass is 9.80. The topological polar surface area (TPSA) is 38.9 Å². The average Bonchev–Trinajstić information content (AvgIpc) is 2.94. The van der Waals surface area contributed by atoms with Crippen LogP contribution in [0.5, 0.6) is 0 Å². The molecule has 108 valence electrons. The highest BCUT2D eigenvalue weighted by Crippen LogP contribution is 2.38. The van der Waals surface area contributed by atoms with Crippen molar-refractivity contribution in [3.05, 3.63) is 11.8 Å². The molecule has 1 fully saturated rings. The van der Waals surface area contributed by atoms with E-state index in [0.29, 0.717) is 5.92 Å². The maximum Gasteiger partial charge on any atom is 0.230 e. The van der Waals surface area contributed by atoms with E-state index in [9.17, 15) is 0 Å². The van der Waals surface area contributed by atoms with Gasteiger partial charge in [0.05, 0.1) is 4.83 Å². The Morgan fingerprint density at radius 3 is 2.58 bits per heavy atom. The molecule has 1 unspecified atom stereocenters. The van der Waals surface area contributed by atoms with Crippen molar-refractivity contribution in [1.82, 2.24) is 10.2 Å². The van der Waals surface area contributed by atoms with Crippen molar-refractivity contribution in [1.29, 1.82) is 0 Å². The second-order valence-corrected chi connectivity index (χ2v) is 6.82. The molecule has 0 amide bonds. The van der Waals surface area contributed by atoms with E-state index in [1.165, 1.54) is 44.9 Å². The summed E-state index contributed by atoms with van der Waals surface area (Å²) < 4.78 is 5.82. The van der Waals surface area contributed by atoms with Crippen LogP contribution in [0.25, 0.3) is 0 Å². The summed E-state index contributed by atoms with van der Waals surface area (Å²) in [6.07, 6.45) is 10.2. The van der Waals surface area contributed by atoms with E-state index < -0.39 is 0 Å². The molecule has 0 spiro atoms. The van der Waals surface area contributed by atoms with Crippen LogP contribution in [0.3, 0.4) is 0 Å². The first-order chi connectivity index (χ1) is 9.24. The van der Waals surface area contributed by atoms with Crippen LogP contribution >= 0.6 is 15.9 Å². The summed E-state index contributed by atoms with van der Waals surface area (Å²) in [5.74, 6) is 3.03. The highest BCUT2D eigenvalue weighted by Gasteiger charge is 2.26. The monoisotopic (exact) mass is 328 g/mol. The number of hydrogen-bond acceptors (Lipinski definition) is 3. The van der Waals surface area contributed by atoms with Crippen LogP contribution in [-0.4, -0.2) is 10.2 Å². The summed E-state index contributed by atoms with van der Waals surface area (Å²) >= 11 is 3.56. The van der Waals surface area contributed by atoms with Gasteiger partial charge in [0.15, 0.2) is 0 Å². The van der Waals surface area contributed by atoms with Crippen molar-refractivity contribution in [2.75, 3.05) is 0 Å². The van der Waals surface area contributed by atoms with E-state index in [-0.39, 0.29) is 4.83 Å². The van der Waals surface area contributed by atoms with Gasteiger partial charge < -0.3 is 4.42 Å². The summed E-state index contributed by atoms with van der Waals surface area (Å²) in [4.78, 5) is 0.203. The van der Waals surface area contributed by atoms with Gasteiger partial charge in [0.1, 0.15) is 0 Å². The van der Waals surface area contributed by atoms with Crippen LogP contribution in [0.1, 0.15) is 87.7 Å². The van der Waals surface area contributed by atoms with Gasteiger partial charge in [-0.3, -0.25) is 0 Å². The molecule has 1 aliphatic carbocycles. The van der Waals surface area contributed by atoms with Gasteiger partial charge in [-0.2, -0.15) is 0 Å². The lowest BCUT2D eigenvalue weighted by Gasteiger charge is -2.26. The number of aromatic nitrogens is 2. The van der Waals surface area contributed by atoms with Gasteiger partial charge in [0.2, 0.25) is 11.8 Å². The molecule has 0 radical (unpaired) electrons. The Morgan fingerprint density at radius 1 is 1.21 bits per heavy atom. The molecule has 0 saturated heterocycles. The smallest absolute Gasteiger partial charge is 0.230 e. The number of hydrogen-bond donors (Lipinski definition) is 0. The average molecular weight is 329 g/mol. The molecule has 2 rings (SSSR count). The molecule has 4 heteroatoms. The van der Waals surface area contributed by atoms with Gasteiger partial charge in [-0.15, -0.1) is 10.2 Å². The van der Waals surface area contributed by atoms with E-state index in [2.05, 4.69) is 40.0 Å². The van der Waals surface area contributed by atoms with Crippen LogP contribution in [-0.2, 0) is 0 Å². The van der Waals surface area contributed by atoms with Crippen molar-refractivity contribution in [3.63, 3.8) is 0 Å². The number of nitrogens with zero attached hydrogens (tertiary/aromatic N) is 2. The number of rotatable bonds is 6. The largest absolute Gasteiger partial charge is 0.424 e. The number of unbranched alkanes of at least 4 members (excludes halogenated alkanes) is 1. The van der Waals surface area contributed by atoms with Crippen LogP contribution in [0, 0.1) is 5.92 Å². The predicted octanol–water partition coefficient (Wildman–Crippen LogP) is 5.38. The Bertz CT molecular complexity index is 372. The molecule has 1 saturated carbocycles. The van der Waals surface area contributed by atoms with Crippen LogP contribution in [0.4, 0.5) is 0 Å². The molecule has 0 aromatic carbocycles. The molecule has 19 heavy (non-hydrogen) atoms. The summed E-state index contributed by atoms with van der Waals surface area (Å²) in [5.41, 5.74) is 0. The van der Waals surface area contributed by atoms with E-state index in [0.717, 1.165) is 24.1 Å². The normalized spacial score (nSPS) is 25.4. The number of halogens is 1. The van der Waals surface area contributed by atoms with Crippen LogP contribution in [0.15, 0.2) is 4.42 Å². The molecule has 3 nitrogen and oxygen atoms in total. The summed E-state index contributed by atoms with van der Waals surface area (Å²) in [7, 11) is 0. The highest BCUT2D eigenvalue weighted by atomic mass is 79.9. The fraction of sp³-hybridized carbons (Fsp3) is 0.867. The zero-order valence-corrected chi connectivity index (χ0v) is 13.7. The minimum Gasteiger partial charge on any atom is -0.424 e. The first kappa shape index (κ1) is 15.0. The SMILES string of the molecule is CCCCC1CCC(c2nnc(C(Br)CC)o2)CC1. The van der Waals surface area contributed by atoms with Gasteiger partial charge in [-0.05, 0) is 38.0 Å². The van der Waals surface area contributed by atoms with Gasteiger partial charge in [-0.1, -0.05) is 49.0 Å². The fourth-order valence-corrected chi connectivity index (χ4v) is 3.09. The van der Waals surface area contributed by atoms with Crippen LogP contribution < -0.4 is 0 Å². The Kier molecular flexibility index (Phi) is 5.86. The van der Waals surface area contributed by atoms with E-state index >= 15 is 0 Å². The predicted molar refractivity (Wildman–Crippen MR) is 80.5 cm³/mol. The summed E-state index contributed by atoms with van der Waals surface area (Å²) in [5, 5.41) is 8.42. The minimum atomic E-state index is 0.203. The third-order valence-corrected chi connectivity index (χ3v) is 5.28. The molecule has 0 bridgehead atoms. The van der Waals surface area contributed by atoms with Gasteiger partial charge in [0, 0.05) is 5.92 Å². The lowest BCUT2D eigenvalue weighted by molar-refractivity contribution is 0.274. The molecule has 1 aromatic rings. The van der Waals surface area contributed by atoms with Crippen molar-refractivity contribution in [3.8, 4) is 0 Å². The van der Waals surface area contributed by atoms with E-state index in [1.807, 2.05) is 0 Å². The Hall–Kier alpha value is -0.380. The molecule has 1 aliphatic rings. The standard InChI is InChI=1S/C15H25BrN2O/c1-3-5-6-11-7-9-12(10-8-11)14-17-18-15(19-14)13(16)4-2/h11-13H,3-10H2,1-2H3. The molecule has 1 aromatic heterocycles. The molecule has 1 heterocycles. The van der Waals surface area contributed by atoms with Gasteiger partial charge >= 0.3 is 0 Å². The Labute approximate surface area is 124 Å². The second-order valence-electron chi connectivity index (χ2n) is 5.71. The zero-order chi connectivity index (χ0) is 13.7. The molecule has 0 aliphatic heterocycles. The zero-order valence-electron chi connectivity index (χ0n) is 12.1. The first-order valence-electron chi connectivity index (χ1n) is 7.71. The second kappa shape index (κ2) is 7.41. The van der Waals surface area contributed by atoms with E-state index in [4.69, 9.17) is 4.42 Å². The van der Waals surface area contributed by atoms with E-state index in [1.54, 1.807) is 0 Å². The van der Waals surface area contributed by atoms with Gasteiger partial charge in [0.25, 0.3) is 0 Å². The highest BCUT2D eigenvalue weighted by molar-refractivity contribution is 9.09. The fourth-order valence-electron chi connectivity index (χ4n) is 2.90. The van der Waals surface area contributed by atoms with Crippen LogP contribution in [0.2, 0.25) is 0 Å². The quantitative estimate of drug-likeness (QED) is 0.658. The first-order valence-corrected chi connectivity index (χ1v) is 8.63. The van der Waals surface area contributed by atoms with Crippen molar-refractivity contribution in [2.24, 2.45) is 5.92 Å².